The van der Waals surface area contributed by atoms with E-state index in [9.17, 15) is 9.59 Å². The molecule has 1 unspecified atom stereocenters. The summed E-state index contributed by atoms with van der Waals surface area (Å²) in [6, 6.07) is 0. The second-order valence-corrected chi connectivity index (χ2v) is 7.32. The molecule has 0 aliphatic carbocycles. The van der Waals surface area contributed by atoms with Crippen LogP contribution in [-0.2, 0) is 9.59 Å². The number of amides is 1. The molecule has 0 heterocycles. The molecule has 1 atom stereocenters. The molecule has 5 heteroatoms. The van der Waals surface area contributed by atoms with Gasteiger partial charge in [0.15, 0.2) is 0 Å². The van der Waals surface area contributed by atoms with E-state index < -0.39 is 24.4 Å². The molecule has 0 spiro atoms. The minimum atomic E-state index is -1.01. The van der Waals surface area contributed by atoms with E-state index in [1.54, 1.807) is 0 Å². The van der Waals surface area contributed by atoms with Crippen molar-refractivity contribution < 1.29 is 19.8 Å². The second kappa shape index (κ2) is 18.8. The molecule has 5 nitrogen and oxygen atoms in total. The molecular weight excluding hydrogens is 330 g/mol. The Morgan fingerprint density at radius 1 is 0.769 bits per heavy atom. The van der Waals surface area contributed by atoms with Crippen LogP contribution in [0, 0.1) is 0 Å². The summed E-state index contributed by atoms with van der Waals surface area (Å²) in [5.41, 5.74) is 0. The average molecular weight is 372 g/mol. The summed E-state index contributed by atoms with van der Waals surface area (Å²) in [4.78, 5) is 23.1. The lowest BCUT2D eigenvalue weighted by Crippen LogP contribution is -2.37. The van der Waals surface area contributed by atoms with Gasteiger partial charge in [-0.25, -0.2) is 0 Å². The van der Waals surface area contributed by atoms with Gasteiger partial charge in [0, 0.05) is 13.0 Å². The molecule has 26 heavy (non-hydrogen) atoms. The highest BCUT2D eigenvalue weighted by Gasteiger charge is 2.13. The molecule has 0 rings (SSSR count). The average Bonchev–Trinajstić information content (AvgIpc) is 2.65. The predicted octanol–water partition coefficient (Wildman–Crippen LogP) is 3.90. The minimum absolute atomic E-state index is 0.0835. The highest BCUT2D eigenvalue weighted by molar-refractivity contribution is 6.36. The van der Waals surface area contributed by atoms with Crippen LogP contribution in [-0.4, -0.2) is 41.2 Å². The third-order valence-corrected chi connectivity index (χ3v) is 4.72. The summed E-state index contributed by atoms with van der Waals surface area (Å²) in [7, 11) is 0. The van der Waals surface area contributed by atoms with E-state index in [2.05, 4.69) is 12.2 Å². The lowest BCUT2D eigenvalue weighted by Gasteiger charge is -2.08. The molecule has 0 fully saturated rings. The van der Waals surface area contributed by atoms with E-state index in [0.29, 0.717) is 0 Å². The maximum absolute atomic E-state index is 11.6. The number of aliphatic hydroxyl groups is 2. The number of aliphatic hydroxyl groups excluding tert-OH is 2. The second-order valence-electron chi connectivity index (χ2n) is 7.32. The van der Waals surface area contributed by atoms with E-state index in [1.807, 2.05) is 0 Å². The van der Waals surface area contributed by atoms with Crippen LogP contribution in [0.2, 0.25) is 0 Å². The monoisotopic (exact) mass is 371 g/mol. The molecule has 154 valence electrons. The molecule has 1 amide bonds. The van der Waals surface area contributed by atoms with Gasteiger partial charge in [0.25, 0.3) is 5.91 Å². The number of nitrogens with one attached hydrogen (secondary N) is 1. The van der Waals surface area contributed by atoms with Crippen LogP contribution in [0.1, 0.15) is 103 Å². The van der Waals surface area contributed by atoms with E-state index in [0.717, 1.165) is 19.3 Å². The van der Waals surface area contributed by atoms with Gasteiger partial charge in [-0.05, 0) is 6.42 Å². The zero-order valence-corrected chi connectivity index (χ0v) is 16.8. The van der Waals surface area contributed by atoms with Crippen molar-refractivity contribution in [2.24, 2.45) is 0 Å². The number of carbonyl (C=O) groups excluding carboxylic acids is 2. The van der Waals surface area contributed by atoms with Crippen LogP contribution in [0.15, 0.2) is 0 Å². The molecule has 0 saturated heterocycles. The molecule has 0 aromatic heterocycles. The molecule has 0 aliphatic rings. The number of hydrogen-bond donors (Lipinski definition) is 3. The normalized spacial score (nSPS) is 12.1. The number of ketones is 1. The Balaban J connectivity index is 3.30. The smallest absolute Gasteiger partial charge is 0.287 e. The van der Waals surface area contributed by atoms with Crippen molar-refractivity contribution in [2.75, 3.05) is 13.2 Å². The summed E-state index contributed by atoms with van der Waals surface area (Å²) in [5.74, 6) is -1.10. The lowest BCUT2D eigenvalue weighted by atomic mass is 10.0. The van der Waals surface area contributed by atoms with Gasteiger partial charge in [-0.1, -0.05) is 90.4 Å². The molecular formula is C21H41NO4. The van der Waals surface area contributed by atoms with Crippen LogP contribution >= 0.6 is 0 Å². The van der Waals surface area contributed by atoms with E-state index >= 15 is 0 Å². The molecule has 0 aromatic rings. The molecule has 3 N–H and O–H groups in total. The van der Waals surface area contributed by atoms with E-state index in [-0.39, 0.29) is 13.0 Å². The summed E-state index contributed by atoms with van der Waals surface area (Å²) < 4.78 is 0. The van der Waals surface area contributed by atoms with Crippen molar-refractivity contribution in [2.45, 2.75) is 109 Å². The summed E-state index contributed by atoms with van der Waals surface area (Å²) >= 11 is 0. The molecule has 0 saturated carbocycles. The Bertz CT molecular complexity index is 347. The molecule has 0 aliphatic heterocycles. The minimum Gasteiger partial charge on any atom is -0.394 e. The van der Waals surface area contributed by atoms with Crippen molar-refractivity contribution in [1.29, 1.82) is 0 Å². The van der Waals surface area contributed by atoms with Crippen LogP contribution < -0.4 is 5.32 Å². The number of Topliss-reactive ketones (excluding diaryl/α,β-unsaturated/α-hetero) is 1. The summed E-state index contributed by atoms with van der Waals surface area (Å²) in [5, 5.41) is 20.1. The van der Waals surface area contributed by atoms with Crippen molar-refractivity contribution in [3.8, 4) is 0 Å². The lowest BCUT2D eigenvalue weighted by molar-refractivity contribution is -0.138. The highest BCUT2D eigenvalue weighted by atomic mass is 16.3. The van der Waals surface area contributed by atoms with E-state index in [4.69, 9.17) is 10.2 Å². The SMILES string of the molecule is CCCCCCCCCCCCCCCCC(=O)C(=O)NCC(O)CO. The Hall–Kier alpha value is -0.940. The third-order valence-electron chi connectivity index (χ3n) is 4.72. The maximum atomic E-state index is 11.6. The Kier molecular flexibility index (Phi) is 18.2. The Labute approximate surface area is 159 Å². The van der Waals surface area contributed by atoms with Crippen molar-refractivity contribution >= 4 is 11.7 Å². The van der Waals surface area contributed by atoms with E-state index in [1.165, 1.54) is 70.6 Å². The molecule has 0 bridgehead atoms. The fourth-order valence-electron chi connectivity index (χ4n) is 2.97. The van der Waals surface area contributed by atoms with Gasteiger partial charge in [0.05, 0.1) is 12.7 Å². The van der Waals surface area contributed by atoms with Crippen LogP contribution in [0.5, 0.6) is 0 Å². The van der Waals surface area contributed by atoms with Gasteiger partial charge in [-0.15, -0.1) is 0 Å². The van der Waals surface area contributed by atoms with Gasteiger partial charge in [0.1, 0.15) is 0 Å². The fourth-order valence-corrected chi connectivity index (χ4v) is 2.97. The first-order valence-electron chi connectivity index (χ1n) is 10.7. The van der Waals surface area contributed by atoms with Gasteiger partial charge in [0.2, 0.25) is 5.78 Å². The number of unbranched alkanes of at least 4 members (excludes halogenated alkanes) is 13. The van der Waals surface area contributed by atoms with Gasteiger partial charge in [-0.3, -0.25) is 9.59 Å². The fraction of sp³-hybridized carbons (Fsp3) is 0.905. The van der Waals surface area contributed by atoms with Crippen LogP contribution in [0.25, 0.3) is 0 Å². The van der Waals surface area contributed by atoms with Gasteiger partial charge < -0.3 is 15.5 Å². The van der Waals surface area contributed by atoms with Crippen molar-refractivity contribution in [3.63, 3.8) is 0 Å². The zero-order chi connectivity index (χ0) is 19.5. The standard InChI is InChI=1S/C21H41NO4/c1-2-3-4-5-6-7-8-9-10-11-12-13-14-15-16-20(25)21(26)22-17-19(24)18-23/h19,23-24H,2-18H2,1H3,(H,22,26). The molecule has 0 radical (unpaired) electrons. The van der Waals surface area contributed by atoms with Gasteiger partial charge in [-0.2, -0.15) is 0 Å². The number of hydrogen-bond acceptors (Lipinski definition) is 4. The number of carbonyl (C=O) groups is 2. The maximum Gasteiger partial charge on any atom is 0.287 e. The topological polar surface area (TPSA) is 86.6 Å². The van der Waals surface area contributed by atoms with Crippen molar-refractivity contribution in [1.82, 2.24) is 5.32 Å². The van der Waals surface area contributed by atoms with Crippen LogP contribution in [0.3, 0.4) is 0 Å². The highest BCUT2D eigenvalue weighted by Crippen LogP contribution is 2.13. The largest absolute Gasteiger partial charge is 0.394 e. The number of rotatable bonds is 19. The first-order chi connectivity index (χ1) is 12.6. The molecule has 0 aromatic carbocycles. The van der Waals surface area contributed by atoms with Gasteiger partial charge >= 0.3 is 0 Å². The van der Waals surface area contributed by atoms with Crippen molar-refractivity contribution in [3.05, 3.63) is 0 Å². The Morgan fingerprint density at radius 3 is 1.62 bits per heavy atom. The Morgan fingerprint density at radius 2 is 1.19 bits per heavy atom. The quantitative estimate of drug-likeness (QED) is 0.237. The zero-order valence-electron chi connectivity index (χ0n) is 16.8. The predicted molar refractivity (Wildman–Crippen MR) is 106 cm³/mol. The summed E-state index contributed by atoms with van der Waals surface area (Å²) in [6.07, 6.45) is 16.8. The van der Waals surface area contributed by atoms with Crippen LogP contribution in [0.4, 0.5) is 0 Å². The first kappa shape index (κ1) is 25.1. The summed E-state index contributed by atoms with van der Waals surface area (Å²) in [6.45, 7) is 1.74. The third kappa shape index (κ3) is 16.5. The first-order valence-corrected chi connectivity index (χ1v) is 10.7.